The van der Waals surface area contributed by atoms with Gasteiger partial charge in [0.2, 0.25) is 0 Å². The molecule has 10 nitrogen and oxygen atoms in total. The Morgan fingerprint density at radius 3 is 1.25 bits per heavy atom. The number of carbonyl (C=O) groups excluding carboxylic acids is 5. The Hall–Kier alpha value is -8.16. The van der Waals surface area contributed by atoms with Gasteiger partial charge in [-0.2, -0.15) is 0 Å². The average molecular weight is 898 g/mol. The molecule has 0 saturated heterocycles. The van der Waals surface area contributed by atoms with Gasteiger partial charge < -0.3 is 20.1 Å². The smallest absolute Gasteiger partial charge is 0.335 e. The molecule has 0 atom stereocenters. The van der Waals surface area contributed by atoms with Crippen molar-refractivity contribution in [1.82, 2.24) is 15.0 Å². The normalized spacial score (nSPS) is 10.3. The van der Waals surface area contributed by atoms with E-state index in [9.17, 15) is 41.9 Å². The van der Waals surface area contributed by atoms with E-state index in [1.165, 1.54) is 98.0 Å². The molecule has 0 fully saturated rings. The number of carboxylic acids is 1. The summed E-state index contributed by atoms with van der Waals surface area (Å²) in [5.41, 5.74) is 5.84. The zero-order valence-corrected chi connectivity index (χ0v) is 34.6. The van der Waals surface area contributed by atoms with Crippen molar-refractivity contribution >= 4 is 78.7 Å². The van der Waals surface area contributed by atoms with Gasteiger partial charge in [0.05, 0.1) is 5.56 Å². The Bertz CT molecular complexity index is 3040. The predicted molar refractivity (Wildman–Crippen MR) is 245 cm³/mol. The van der Waals surface area contributed by atoms with E-state index < -0.39 is 17.0 Å². The summed E-state index contributed by atoms with van der Waals surface area (Å²) in [6, 6.07) is 33.1. The SMILES string of the molecule is C.CC(=O)c1ccc2c(C(=O)c3ccc(F)cc3)c[nH]c2c1.CC(=O)c1ccc2cc[nH]c2c1.O=C(Cl)c1ccc(F)cc1.O=C(O)c1ccc2c(C(=O)c3ccc(F)cc3)c[nH]c2c1. The summed E-state index contributed by atoms with van der Waals surface area (Å²) >= 11 is 5.09. The molecule has 0 unspecified atom stereocenters. The van der Waals surface area contributed by atoms with Crippen molar-refractivity contribution in [3.63, 3.8) is 0 Å². The molecule has 9 rings (SSSR count). The molecule has 65 heavy (non-hydrogen) atoms. The van der Waals surface area contributed by atoms with Crippen molar-refractivity contribution < 1.29 is 47.0 Å². The Morgan fingerprint density at radius 2 is 0.831 bits per heavy atom. The van der Waals surface area contributed by atoms with E-state index in [0.717, 1.165) is 27.4 Å². The number of rotatable bonds is 8. The first-order valence-corrected chi connectivity index (χ1v) is 19.6. The maximum atomic E-state index is 12.9. The number of carbonyl (C=O) groups is 6. The number of fused-ring (bicyclic) bond motifs is 3. The van der Waals surface area contributed by atoms with Gasteiger partial charge in [-0.25, -0.2) is 18.0 Å². The van der Waals surface area contributed by atoms with Crippen LogP contribution in [0.1, 0.15) is 94.5 Å². The number of ketones is 4. The number of aromatic carboxylic acids is 1. The van der Waals surface area contributed by atoms with Gasteiger partial charge in [0.15, 0.2) is 23.1 Å². The first-order chi connectivity index (χ1) is 30.6. The number of Topliss-reactive ketones (excluding diaryl/α,β-unsaturated/α-hetero) is 2. The molecular formula is C51H39ClF3N3O7. The second kappa shape index (κ2) is 21.3. The quantitative estimate of drug-likeness (QED) is 0.0868. The van der Waals surface area contributed by atoms with E-state index in [0.29, 0.717) is 44.3 Å². The number of nitrogens with one attached hydrogen (secondary N) is 3. The fourth-order valence-electron chi connectivity index (χ4n) is 6.34. The summed E-state index contributed by atoms with van der Waals surface area (Å²) in [7, 11) is 0. The van der Waals surface area contributed by atoms with Crippen molar-refractivity contribution in [1.29, 1.82) is 0 Å². The molecular weight excluding hydrogens is 859 g/mol. The maximum Gasteiger partial charge on any atom is 0.335 e. The third-order valence-electron chi connectivity index (χ3n) is 9.75. The van der Waals surface area contributed by atoms with Gasteiger partial charge in [0.25, 0.3) is 5.24 Å². The minimum Gasteiger partial charge on any atom is -0.478 e. The van der Waals surface area contributed by atoms with E-state index in [1.54, 1.807) is 37.4 Å². The van der Waals surface area contributed by atoms with E-state index in [2.05, 4.69) is 15.0 Å². The highest BCUT2D eigenvalue weighted by Crippen LogP contribution is 2.24. The lowest BCUT2D eigenvalue weighted by Gasteiger charge is -2.01. The van der Waals surface area contributed by atoms with Crippen LogP contribution in [0.5, 0.6) is 0 Å². The van der Waals surface area contributed by atoms with Crippen LogP contribution in [0.2, 0.25) is 0 Å². The molecule has 0 saturated carbocycles. The van der Waals surface area contributed by atoms with Crippen LogP contribution in [0.3, 0.4) is 0 Å². The van der Waals surface area contributed by atoms with Crippen LogP contribution in [0.15, 0.2) is 152 Å². The first kappa shape index (κ1) is 47.9. The lowest BCUT2D eigenvalue weighted by atomic mass is 10.0. The standard InChI is InChI=1S/C17H12FNO2.C16H10FNO3.C10H9NO.C7H4ClFO.CH4/c1-10(20)12-4-7-14-15(9-19-16(14)8-12)17(21)11-2-5-13(18)6-3-11;17-11-4-1-9(2-5-11)15(19)13-8-18-14-7-10(16(20)21)3-6-12(13)14;1-7(12)9-3-2-8-4-5-11-10(8)6-9;8-7(10)5-1-3-6(9)4-2-5;/h2-9,19H,1H3;1-8,18H,(H,20,21);2-6,11H,1H3;1-4H;1H4. The number of aromatic nitrogens is 3. The number of halogens is 4. The number of benzene rings is 6. The lowest BCUT2D eigenvalue weighted by Crippen LogP contribution is -2.00. The number of aromatic amines is 3. The monoisotopic (exact) mass is 897 g/mol. The number of hydrogen-bond donors (Lipinski definition) is 4. The van der Waals surface area contributed by atoms with Crippen LogP contribution >= 0.6 is 11.6 Å². The average Bonchev–Trinajstić information content (AvgIpc) is 4.05. The van der Waals surface area contributed by atoms with Crippen LogP contribution in [0, 0.1) is 17.5 Å². The zero-order chi connectivity index (χ0) is 46.1. The number of hydrogen-bond acceptors (Lipinski definition) is 6. The summed E-state index contributed by atoms with van der Waals surface area (Å²) in [6.07, 6.45) is 5.01. The molecule has 4 N–H and O–H groups in total. The van der Waals surface area contributed by atoms with E-state index in [4.69, 9.17) is 16.7 Å². The van der Waals surface area contributed by atoms with E-state index in [-0.39, 0.29) is 47.8 Å². The van der Waals surface area contributed by atoms with Crippen molar-refractivity contribution in [3.05, 3.63) is 214 Å². The van der Waals surface area contributed by atoms with Crippen LogP contribution in [0.25, 0.3) is 32.7 Å². The minimum absolute atomic E-state index is 0. The first-order valence-electron chi connectivity index (χ1n) is 19.2. The van der Waals surface area contributed by atoms with Crippen LogP contribution in [0.4, 0.5) is 13.2 Å². The molecule has 9 aromatic rings. The second-order valence-electron chi connectivity index (χ2n) is 14.1. The highest BCUT2D eigenvalue weighted by molar-refractivity contribution is 6.67. The summed E-state index contributed by atoms with van der Waals surface area (Å²) < 4.78 is 38.0. The van der Waals surface area contributed by atoms with Gasteiger partial charge in [-0.1, -0.05) is 37.8 Å². The Balaban J connectivity index is 0.000000169. The maximum absolute atomic E-state index is 12.9. The summed E-state index contributed by atoms with van der Waals surface area (Å²) in [5.74, 6) is -2.54. The third kappa shape index (κ3) is 11.9. The highest BCUT2D eigenvalue weighted by atomic mass is 35.5. The van der Waals surface area contributed by atoms with Crippen molar-refractivity contribution in [2.24, 2.45) is 0 Å². The zero-order valence-electron chi connectivity index (χ0n) is 33.8. The predicted octanol–water partition coefficient (Wildman–Crippen LogP) is 12.2. The van der Waals surface area contributed by atoms with Gasteiger partial charge in [0.1, 0.15) is 17.5 Å². The number of H-pyrrole nitrogens is 3. The van der Waals surface area contributed by atoms with Gasteiger partial charge in [-0.05, 0) is 134 Å². The Kier molecular flexibility index (Phi) is 15.7. The number of carboxylic acid groups (broad SMARTS) is 1. The molecule has 14 heteroatoms. The largest absolute Gasteiger partial charge is 0.478 e. The van der Waals surface area contributed by atoms with Crippen molar-refractivity contribution in [2.75, 3.05) is 0 Å². The lowest BCUT2D eigenvalue weighted by molar-refractivity contribution is 0.0696. The molecule has 3 heterocycles. The van der Waals surface area contributed by atoms with E-state index in [1.807, 2.05) is 30.5 Å². The van der Waals surface area contributed by atoms with Crippen molar-refractivity contribution in [2.45, 2.75) is 21.3 Å². The Labute approximate surface area is 374 Å². The van der Waals surface area contributed by atoms with Gasteiger partial charge in [0, 0.05) is 84.9 Å². The molecule has 0 aliphatic rings. The fourth-order valence-corrected chi connectivity index (χ4v) is 6.47. The van der Waals surface area contributed by atoms with Crippen molar-refractivity contribution in [3.8, 4) is 0 Å². The fraction of sp³-hybridized carbons (Fsp3) is 0.0588. The second-order valence-corrected chi connectivity index (χ2v) is 14.4. The molecule has 0 aliphatic carbocycles. The molecule has 0 spiro atoms. The van der Waals surface area contributed by atoms with Crippen LogP contribution in [-0.4, -0.2) is 54.4 Å². The van der Waals surface area contributed by atoms with Gasteiger partial charge in [-0.15, -0.1) is 0 Å². The van der Waals surface area contributed by atoms with Gasteiger partial charge >= 0.3 is 5.97 Å². The minimum atomic E-state index is -1.03. The third-order valence-corrected chi connectivity index (χ3v) is 9.97. The molecule has 6 aromatic carbocycles. The summed E-state index contributed by atoms with van der Waals surface area (Å²) in [6.45, 7) is 3.07. The molecule has 3 aromatic heterocycles. The molecule has 0 aliphatic heterocycles. The van der Waals surface area contributed by atoms with E-state index >= 15 is 0 Å². The molecule has 328 valence electrons. The summed E-state index contributed by atoms with van der Waals surface area (Å²) in [4.78, 5) is 77.5. The van der Waals surface area contributed by atoms with Crippen LogP contribution in [-0.2, 0) is 0 Å². The van der Waals surface area contributed by atoms with Gasteiger partial charge in [-0.3, -0.25) is 24.0 Å². The summed E-state index contributed by atoms with van der Waals surface area (Å²) in [5, 5.41) is 10.9. The topological polar surface area (TPSA) is 170 Å². The Morgan fingerprint density at radius 1 is 0.462 bits per heavy atom. The molecule has 0 bridgehead atoms. The van der Waals surface area contributed by atoms with Crippen LogP contribution < -0.4 is 0 Å². The molecule has 0 radical (unpaired) electrons. The molecule has 0 amide bonds. The highest BCUT2D eigenvalue weighted by Gasteiger charge is 2.17.